The molecule has 7 nitrogen and oxygen atoms in total. The van der Waals surface area contributed by atoms with Crippen molar-refractivity contribution in [1.82, 2.24) is 15.0 Å². The summed E-state index contributed by atoms with van der Waals surface area (Å²) in [6.45, 7) is 0.363. The van der Waals surface area contributed by atoms with Gasteiger partial charge in [-0.05, 0) is 11.6 Å². The highest BCUT2D eigenvalue weighted by Gasteiger charge is 2.12. The van der Waals surface area contributed by atoms with Crippen molar-refractivity contribution in [1.29, 1.82) is 5.26 Å². The molecule has 23 heavy (non-hydrogen) atoms. The van der Waals surface area contributed by atoms with Crippen LogP contribution < -0.4 is 0 Å². The van der Waals surface area contributed by atoms with E-state index in [0.717, 1.165) is 5.56 Å². The smallest absolute Gasteiger partial charge is 0.258 e. The van der Waals surface area contributed by atoms with Crippen LogP contribution in [0.25, 0.3) is 11.3 Å². The molecule has 0 bridgehead atoms. The van der Waals surface area contributed by atoms with Crippen LogP contribution in [-0.2, 0) is 6.54 Å². The van der Waals surface area contributed by atoms with E-state index in [4.69, 9.17) is 5.26 Å². The highest BCUT2D eigenvalue weighted by Crippen LogP contribution is 2.23. The van der Waals surface area contributed by atoms with Crippen molar-refractivity contribution >= 4 is 5.69 Å². The molecule has 0 amide bonds. The number of benzene rings is 2. The normalized spacial score (nSPS) is 10.2. The van der Waals surface area contributed by atoms with Crippen molar-refractivity contribution in [2.75, 3.05) is 0 Å². The number of nitro benzene ring substituents is 1. The third-order valence-electron chi connectivity index (χ3n) is 3.43. The van der Waals surface area contributed by atoms with Gasteiger partial charge in [-0.3, -0.25) is 10.1 Å². The standard InChI is InChI=1S/C16H11N5O2/c17-9-13-4-1-2-5-14(13)11-20-16(10-18-19-20)12-6-3-7-15(8-12)21(22)23/h1-8,10H,11H2. The summed E-state index contributed by atoms with van der Waals surface area (Å²) < 4.78 is 1.62. The van der Waals surface area contributed by atoms with E-state index >= 15 is 0 Å². The summed E-state index contributed by atoms with van der Waals surface area (Å²) in [4.78, 5) is 10.5. The Labute approximate surface area is 131 Å². The van der Waals surface area contributed by atoms with Gasteiger partial charge in [0, 0.05) is 17.7 Å². The minimum absolute atomic E-state index is 0.00711. The maximum Gasteiger partial charge on any atom is 0.270 e. The first-order valence-electron chi connectivity index (χ1n) is 6.80. The van der Waals surface area contributed by atoms with Gasteiger partial charge >= 0.3 is 0 Å². The van der Waals surface area contributed by atoms with Crippen molar-refractivity contribution < 1.29 is 4.92 Å². The fourth-order valence-electron chi connectivity index (χ4n) is 2.31. The van der Waals surface area contributed by atoms with E-state index in [2.05, 4.69) is 16.4 Å². The molecule has 0 saturated carbocycles. The van der Waals surface area contributed by atoms with Crippen molar-refractivity contribution in [3.05, 3.63) is 76.0 Å². The van der Waals surface area contributed by atoms with Crippen molar-refractivity contribution in [2.24, 2.45) is 0 Å². The quantitative estimate of drug-likeness (QED) is 0.545. The lowest BCUT2D eigenvalue weighted by Gasteiger charge is -2.07. The average Bonchev–Trinajstić information content (AvgIpc) is 3.03. The Bertz CT molecular complexity index is 911. The van der Waals surface area contributed by atoms with E-state index in [0.29, 0.717) is 23.4 Å². The molecule has 0 radical (unpaired) electrons. The molecule has 0 saturated heterocycles. The maximum absolute atomic E-state index is 10.9. The van der Waals surface area contributed by atoms with E-state index in [1.807, 2.05) is 12.1 Å². The number of nitriles is 1. The van der Waals surface area contributed by atoms with Crippen molar-refractivity contribution in [3.63, 3.8) is 0 Å². The molecule has 0 N–H and O–H groups in total. The van der Waals surface area contributed by atoms with E-state index in [-0.39, 0.29) is 5.69 Å². The zero-order valence-electron chi connectivity index (χ0n) is 12.0. The van der Waals surface area contributed by atoms with Gasteiger partial charge in [-0.25, -0.2) is 4.68 Å². The Morgan fingerprint density at radius 1 is 1.22 bits per heavy atom. The molecule has 0 atom stereocenters. The van der Waals surface area contributed by atoms with Gasteiger partial charge in [0.1, 0.15) is 0 Å². The van der Waals surface area contributed by atoms with E-state index in [1.165, 1.54) is 12.1 Å². The van der Waals surface area contributed by atoms with Crippen LogP contribution >= 0.6 is 0 Å². The minimum Gasteiger partial charge on any atom is -0.258 e. The highest BCUT2D eigenvalue weighted by atomic mass is 16.6. The Morgan fingerprint density at radius 2 is 2.04 bits per heavy atom. The van der Waals surface area contributed by atoms with Gasteiger partial charge in [-0.15, -0.1) is 5.10 Å². The molecule has 1 aromatic heterocycles. The van der Waals surface area contributed by atoms with Crippen molar-refractivity contribution in [2.45, 2.75) is 6.54 Å². The summed E-state index contributed by atoms with van der Waals surface area (Å²) in [7, 11) is 0. The number of non-ortho nitro benzene ring substituents is 1. The van der Waals surface area contributed by atoms with Crippen LogP contribution in [0.1, 0.15) is 11.1 Å². The largest absolute Gasteiger partial charge is 0.270 e. The van der Waals surface area contributed by atoms with Crippen molar-refractivity contribution in [3.8, 4) is 17.3 Å². The van der Waals surface area contributed by atoms with E-state index in [9.17, 15) is 10.1 Å². The van der Waals surface area contributed by atoms with Gasteiger partial charge in [-0.2, -0.15) is 5.26 Å². The van der Waals surface area contributed by atoms with Crippen LogP contribution in [0.5, 0.6) is 0 Å². The topological polar surface area (TPSA) is 97.6 Å². The fourth-order valence-corrected chi connectivity index (χ4v) is 2.31. The monoisotopic (exact) mass is 305 g/mol. The summed E-state index contributed by atoms with van der Waals surface area (Å²) in [6, 6.07) is 15.7. The molecule has 0 spiro atoms. The van der Waals surface area contributed by atoms with Gasteiger partial charge in [0.15, 0.2) is 0 Å². The second-order valence-corrected chi connectivity index (χ2v) is 4.85. The Hall–Kier alpha value is -3.53. The van der Waals surface area contributed by atoms with Crippen LogP contribution in [0.15, 0.2) is 54.7 Å². The summed E-state index contributed by atoms with van der Waals surface area (Å²) in [5.41, 5.74) is 2.69. The molecular weight excluding hydrogens is 294 g/mol. The Morgan fingerprint density at radius 3 is 2.83 bits per heavy atom. The molecule has 0 aliphatic rings. The second kappa shape index (κ2) is 6.07. The lowest BCUT2D eigenvalue weighted by Crippen LogP contribution is -2.05. The van der Waals surface area contributed by atoms with Gasteiger partial charge in [0.2, 0.25) is 0 Å². The molecule has 112 valence electrons. The molecule has 3 aromatic rings. The molecule has 0 unspecified atom stereocenters. The van der Waals surface area contributed by atoms with Gasteiger partial charge in [0.25, 0.3) is 5.69 Å². The molecular formula is C16H11N5O2. The predicted octanol–water partition coefficient (Wildman–Crippen LogP) is 2.77. The molecule has 3 rings (SSSR count). The minimum atomic E-state index is -0.442. The van der Waals surface area contributed by atoms with Gasteiger partial charge in [0.05, 0.1) is 35.0 Å². The van der Waals surface area contributed by atoms with Crippen LogP contribution in [0, 0.1) is 21.4 Å². The van der Waals surface area contributed by atoms with Crippen LogP contribution in [0.4, 0.5) is 5.69 Å². The number of nitrogens with zero attached hydrogens (tertiary/aromatic N) is 5. The number of nitro groups is 1. The molecule has 0 fully saturated rings. The molecule has 0 aliphatic carbocycles. The molecule has 2 aromatic carbocycles. The zero-order valence-corrected chi connectivity index (χ0v) is 12.0. The molecule has 7 heteroatoms. The molecule has 1 heterocycles. The summed E-state index contributed by atoms with van der Waals surface area (Å²) >= 11 is 0. The summed E-state index contributed by atoms with van der Waals surface area (Å²) in [6.07, 6.45) is 1.55. The summed E-state index contributed by atoms with van der Waals surface area (Å²) in [5, 5.41) is 28.0. The number of hydrogen-bond acceptors (Lipinski definition) is 5. The Balaban J connectivity index is 1.99. The Kier molecular flexibility index (Phi) is 3.80. The van der Waals surface area contributed by atoms with E-state index in [1.54, 1.807) is 35.1 Å². The number of rotatable bonds is 4. The van der Waals surface area contributed by atoms with Gasteiger partial charge < -0.3 is 0 Å². The predicted molar refractivity (Wildman–Crippen MR) is 82.4 cm³/mol. The third-order valence-corrected chi connectivity index (χ3v) is 3.43. The zero-order chi connectivity index (χ0) is 16.2. The average molecular weight is 305 g/mol. The van der Waals surface area contributed by atoms with Crippen LogP contribution in [0.3, 0.4) is 0 Å². The third kappa shape index (κ3) is 2.91. The lowest BCUT2D eigenvalue weighted by molar-refractivity contribution is -0.384. The number of aromatic nitrogens is 3. The van der Waals surface area contributed by atoms with Crippen LogP contribution in [0.2, 0.25) is 0 Å². The summed E-state index contributed by atoms with van der Waals surface area (Å²) in [5.74, 6) is 0. The molecule has 0 aliphatic heterocycles. The SMILES string of the molecule is N#Cc1ccccc1Cn1nncc1-c1cccc([N+](=O)[O-])c1. The number of hydrogen-bond donors (Lipinski definition) is 0. The lowest BCUT2D eigenvalue weighted by atomic mass is 10.1. The first-order valence-corrected chi connectivity index (χ1v) is 6.80. The highest BCUT2D eigenvalue weighted by molar-refractivity contribution is 5.62. The first kappa shape index (κ1) is 14.4. The van der Waals surface area contributed by atoms with Crippen LogP contribution in [-0.4, -0.2) is 19.9 Å². The second-order valence-electron chi connectivity index (χ2n) is 4.85. The van der Waals surface area contributed by atoms with E-state index < -0.39 is 4.92 Å². The van der Waals surface area contributed by atoms with Gasteiger partial charge in [-0.1, -0.05) is 35.5 Å². The maximum atomic E-state index is 10.9. The fraction of sp³-hybridized carbons (Fsp3) is 0.0625. The first-order chi connectivity index (χ1) is 11.2.